The van der Waals surface area contributed by atoms with Gasteiger partial charge < -0.3 is 15.7 Å². The van der Waals surface area contributed by atoms with Crippen molar-refractivity contribution in [1.29, 1.82) is 0 Å². The van der Waals surface area contributed by atoms with E-state index in [2.05, 4.69) is 0 Å². The van der Waals surface area contributed by atoms with Crippen molar-refractivity contribution in [3.63, 3.8) is 0 Å². The Bertz CT molecular complexity index is 341. The first-order chi connectivity index (χ1) is 7.85. The van der Waals surface area contributed by atoms with Crippen LogP contribution in [0.15, 0.2) is 0 Å². The minimum Gasteiger partial charge on any atom is -0.481 e. The Hall–Kier alpha value is -1.24. The van der Waals surface area contributed by atoms with E-state index in [4.69, 9.17) is 10.8 Å². The smallest absolute Gasteiger partial charge is 0.304 e. The van der Waals surface area contributed by atoms with Crippen molar-refractivity contribution in [1.82, 2.24) is 4.90 Å². The molecule has 0 spiro atoms. The molecule has 1 fully saturated rings. The van der Waals surface area contributed by atoms with Crippen molar-refractivity contribution in [3.8, 4) is 0 Å². The second kappa shape index (κ2) is 5.39. The molecule has 0 bridgehead atoms. The second-order valence-corrected chi connectivity index (χ2v) is 5.44. The average Bonchev–Trinajstić information content (AvgIpc) is 2.68. The van der Waals surface area contributed by atoms with E-state index in [1.807, 2.05) is 0 Å². The molecule has 1 unspecified atom stereocenters. The molecule has 1 aliphatic rings. The van der Waals surface area contributed by atoms with Crippen molar-refractivity contribution < 1.29 is 19.5 Å². The zero-order valence-corrected chi connectivity index (χ0v) is 10.5. The number of amides is 2. The van der Waals surface area contributed by atoms with E-state index in [9.17, 15) is 14.4 Å². The lowest BCUT2D eigenvalue weighted by molar-refractivity contribution is -0.146. The molecule has 1 aliphatic heterocycles. The van der Waals surface area contributed by atoms with Crippen LogP contribution in [0.1, 0.15) is 19.8 Å². The van der Waals surface area contributed by atoms with Crippen LogP contribution in [-0.2, 0) is 14.4 Å². The van der Waals surface area contributed by atoms with Gasteiger partial charge in [-0.15, -0.1) is 11.8 Å². The Morgan fingerprint density at radius 1 is 1.41 bits per heavy atom. The van der Waals surface area contributed by atoms with Crippen LogP contribution in [0.25, 0.3) is 0 Å². The number of carbonyl (C=O) groups is 3. The number of aliphatic carboxylic acids is 1. The molecular weight excluding hydrogens is 244 g/mol. The largest absolute Gasteiger partial charge is 0.481 e. The van der Waals surface area contributed by atoms with Gasteiger partial charge in [-0.1, -0.05) is 0 Å². The topological polar surface area (TPSA) is 101 Å². The summed E-state index contributed by atoms with van der Waals surface area (Å²) in [6, 6.07) is 0. The zero-order valence-electron chi connectivity index (χ0n) is 9.64. The number of hydrogen-bond acceptors (Lipinski definition) is 4. The third-order valence-corrected chi connectivity index (χ3v) is 3.75. The van der Waals surface area contributed by atoms with Gasteiger partial charge in [-0.3, -0.25) is 14.4 Å². The molecule has 0 aromatic heterocycles. The Balaban J connectivity index is 2.68. The first kappa shape index (κ1) is 13.8. The molecule has 6 nitrogen and oxygen atoms in total. The van der Waals surface area contributed by atoms with E-state index >= 15 is 0 Å². The monoisotopic (exact) mass is 260 g/mol. The lowest BCUT2D eigenvalue weighted by Gasteiger charge is -2.25. The van der Waals surface area contributed by atoms with Crippen LogP contribution in [-0.4, -0.2) is 46.0 Å². The molecule has 3 N–H and O–H groups in total. The highest BCUT2D eigenvalue weighted by atomic mass is 32.2. The summed E-state index contributed by atoms with van der Waals surface area (Å²) in [6.45, 7) is 2.07. The minimum atomic E-state index is -1.31. The molecule has 0 aromatic rings. The average molecular weight is 260 g/mol. The maximum Gasteiger partial charge on any atom is 0.304 e. The van der Waals surface area contributed by atoms with Crippen molar-refractivity contribution in [2.75, 3.05) is 18.2 Å². The van der Waals surface area contributed by atoms with Gasteiger partial charge in [0.1, 0.15) is 0 Å². The normalized spacial score (nSPS) is 18.8. The summed E-state index contributed by atoms with van der Waals surface area (Å²) in [5.74, 6) is -0.619. The fraction of sp³-hybridized carbons (Fsp3) is 0.700. The van der Waals surface area contributed by atoms with E-state index < -0.39 is 23.7 Å². The quantitative estimate of drug-likeness (QED) is 0.717. The Kier molecular flexibility index (Phi) is 4.39. The van der Waals surface area contributed by atoms with E-state index in [1.54, 1.807) is 16.7 Å². The molecule has 96 valence electrons. The summed E-state index contributed by atoms with van der Waals surface area (Å²) in [5, 5.41) is 8.74. The zero-order chi connectivity index (χ0) is 13.1. The lowest BCUT2D eigenvalue weighted by Crippen LogP contribution is -2.41. The second-order valence-electron chi connectivity index (χ2n) is 4.37. The molecule has 0 saturated carbocycles. The van der Waals surface area contributed by atoms with Crippen LogP contribution in [0.3, 0.4) is 0 Å². The van der Waals surface area contributed by atoms with Crippen molar-refractivity contribution in [2.24, 2.45) is 11.1 Å². The van der Waals surface area contributed by atoms with E-state index in [0.717, 1.165) is 5.75 Å². The summed E-state index contributed by atoms with van der Waals surface area (Å²) in [7, 11) is 0. The van der Waals surface area contributed by atoms with Gasteiger partial charge in [0.15, 0.2) is 0 Å². The molecule has 17 heavy (non-hydrogen) atoms. The highest BCUT2D eigenvalue weighted by Crippen LogP contribution is 2.28. The lowest BCUT2D eigenvalue weighted by atomic mass is 9.82. The van der Waals surface area contributed by atoms with Gasteiger partial charge in [0, 0.05) is 18.7 Å². The summed E-state index contributed by atoms with van der Waals surface area (Å²) in [5.41, 5.74) is 3.88. The highest BCUT2D eigenvalue weighted by molar-refractivity contribution is 7.99. The third-order valence-electron chi connectivity index (χ3n) is 2.78. The Morgan fingerprint density at radius 2 is 2.06 bits per heavy atom. The molecule has 1 heterocycles. The van der Waals surface area contributed by atoms with Crippen LogP contribution >= 0.6 is 11.8 Å². The molecule has 0 radical (unpaired) electrons. The number of thioether (sulfide) groups is 1. The molecule has 0 aliphatic carbocycles. The van der Waals surface area contributed by atoms with Crippen LogP contribution in [0, 0.1) is 5.41 Å². The third kappa shape index (κ3) is 3.62. The highest BCUT2D eigenvalue weighted by Gasteiger charge is 2.37. The maximum absolute atomic E-state index is 11.9. The van der Waals surface area contributed by atoms with Crippen molar-refractivity contribution >= 4 is 29.5 Å². The molecule has 0 aromatic carbocycles. The number of nitrogens with zero attached hydrogens (tertiary/aromatic N) is 1. The van der Waals surface area contributed by atoms with Crippen LogP contribution in [0.4, 0.5) is 0 Å². The van der Waals surface area contributed by atoms with Crippen LogP contribution < -0.4 is 5.73 Å². The maximum atomic E-state index is 11.9. The number of nitrogens with two attached hydrogens (primary N) is 1. The van der Waals surface area contributed by atoms with Gasteiger partial charge in [-0.2, -0.15) is 0 Å². The number of rotatable bonds is 5. The molecular formula is C10H16N2O4S. The van der Waals surface area contributed by atoms with Gasteiger partial charge in [-0.25, -0.2) is 0 Å². The summed E-state index contributed by atoms with van der Waals surface area (Å²) in [6.07, 6.45) is -0.565. The molecule has 7 heteroatoms. The Morgan fingerprint density at radius 3 is 2.47 bits per heavy atom. The van der Waals surface area contributed by atoms with Gasteiger partial charge >= 0.3 is 5.97 Å². The number of carboxylic acid groups (broad SMARTS) is 1. The van der Waals surface area contributed by atoms with Gasteiger partial charge in [0.05, 0.1) is 17.7 Å². The summed E-state index contributed by atoms with van der Waals surface area (Å²) in [4.78, 5) is 35.5. The number of carboxylic acids is 1. The fourth-order valence-corrected chi connectivity index (χ4v) is 2.60. The Labute approximate surface area is 104 Å². The van der Waals surface area contributed by atoms with Gasteiger partial charge in [0.2, 0.25) is 11.8 Å². The first-order valence-electron chi connectivity index (χ1n) is 5.22. The molecule has 2 amide bonds. The number of hydrogen-bond donors (Lipinski definition) is 2. The minimum absolute atomic E-state index is 0.144. The van der Waals surface area contributed by atoms with E-state index in [0.29, 0.717) is 12.4 Å². The fourth-order valence-electron chi connectivity index (χ4n) is 1.63. The molecule has 1 atom stereocenters. The van der Waals surface area contributed by atoms with Crippen LogP contribution in [0.5, 0.6) is 0 Å². The number of primary amides is 1. The predicted molar refractivity (Wildman–Crippen MR) is 63.2 cm³/mol. The number of carbonyl (C=O) groups excluding carboxylic acids is 2. The standard InChI is InChI=1S/C10H16N2O4S/c1-10(9(11)16,5-8(14)15)4-7(13)12-2-3-17-6-12/h2-6H2,1H3,(H2,11,16)(H,14,15). The van der Waals surface area contributed by atoms with Crippen molar-refractivity contribution in [2.45, 2.75) is 19.8 Å². The summed E-state index contributed by atoms with van der Waals surface area (Å²) >= 11 is 1.63. The van der Waals surface area contributed by atoms with Gasteiger partial charge in [-0.05, 0) is 6.92 Å². The van der Waals surface area contributed by atoms with Crippen molar-refractivity contribution in [3.05, 3.63) is 0 Å². The predicted octanol–water partition coefficient (Wildman–Crippen LogP) is -0.124. The van der Waals surface area contributed by atoms with E-state index in [1.165, 1.54) is 6.92 Å². The first-order valence-corrected chi connectivity index (χ1v) is 6.38. The SMILES string of the molecule is CC(CC(=O)O)(CC(=O)N1CCSC1)C(N)=O. The van der Waals surface area contributed by atoms with Gasteiger partial charge in [0.25, 0.3) is 0 Å². The van der Waals surface area contributed by atoms with Crippen LogP contribution in [0.2, 0.25) is 0 Å². The summed E-state index contributed by atoms with van der Waals surface area (Å²) < 4.78 is 0. The van der Waals surface area contributed by atoms with E-state index in [-0.39, 0.29) is 12.3 Å². The molecule has 1 rings (SSSR count). The molecule has 1 saturated heterocycles.